The summed E-state index contributed by atoms with van der Waals surface area (Å²) in [6, 6.07) is 5.69. The summed E-state index contributed by atoms with van der Waals surface area (Å²) in [4.78, 5) is 27.9. The molecule has 2 aliphatic carbocycles. The number of ether oxygens (including phenoxy) is 2. The molecule has 1 aromatic rings. The minimum absolute atomic E-state index is 0.0148. The highest BCUT2D eigenvalue weighted by molar-refractivity contribution is 5.75. The van der Waals surface area contributed by atoms with Crippen molar-refractivity contribution in [2.24, 2.45) is 29.1 Å². The van der Waals surface area contributed by atoms with E-state index in [4.69, 9.17) is 9.47 Å². The number of carbonyl (C=O) groups is 1. The van der Waals surface area contributed by atoms with Crippen LogP contribution in [0.4, 0.5) is 0 Å². The molecule has 8 atom stereocenters. The van der Waals surface area contributed by atoms with Crippen LogP contribution in [0.2, 0.25) is 0 Å². The van der Waals surface area contributed by atoms with Gasteiger partial charge in [-0.3, -0.25) is 9.59 Å². The van der Waals surface area contributed by atoms with Crippen LogP contribution >= 0.6 is 0 Å². The highest BCUT2D eigenvalue weighted by atomic mass is 16.6. The molecular formula is C26H34N2O4. The van der Waals surface area contributed by atoms with E-state index >= 15 is 0 Å². The molecule has 6 nitrogen and oxygen atoms in total. The SMILES string of the molecule is C[C@]12CCC[C@]3(CO3)[C@@H]1C[C@@H]1[C@H](CN3C[C@@H]4C[C@@H](C3)c3cccc(=O)n3C4)C(=O)O[C@@H]1C2. The largest absolute Gasteiger partial charge is 0.462 e. The maximum Gasteiger partial charge on any atom is 0.310 e. The van der Waals surface area contributed by atoms with Gasteiger partial charge in [0.15, 0.2) is 0 Å². The number of pyridine rings is 1. The zero-order chi connectivity index (χ0) is 21.7. The van der Waals surface area contributed by atoms with Crippen LogP contribution < -0.4 is 5.56 Å². The van der Waals surface area contributed by atoms with Gasteiger partial charge in [-0.1, -0.05) is 13.0 Å². The maximum atomic E-state index is 13.1. The molecule has 3 saturated heterocycles. The maximum absolute atomic E-state index is 13.1. The van der Waals surface area contributed by atoms with E-state index in [1.54, 1.807) is 6.07 Å². The Labute approximate surface area is 189 Å². The summed E-state index contributed by atoms with van der Waals surface area (Å²) in [5.41, 5.74) is 1.66. The molecule has 32 heavy (non-hydrogen) atoms. The quantitative estimate of drug-likeness (QED) is 0.525. The van der Waals surface area contributed by atoms with Crippen LogP contribution in [-0.4, -0.2) is 53.4 Å². The minimum Gasteiger partial charge on any atom is -0.462 e. The molecular weight excluding hydrogens is 404 g/mol. The van der Waals surface area contributed by atoms with Crippen LogP contribution in [0.3, 0.4) is 0 Å². The van der Waals surface area contributed by atoms with Gasteiger partial charge in [0.05, 0.1) is 18.1 Å². The van der Waals surface area contributed by atoms with Crippen LogP contribution in [0.15, 0.2) is 23.0 Å². The van der Waals surface area contributed by atoms with Crippen molar-refractivity contribution in [1.29, 1.82) is 0 Å². The van der Waals surface area contributed by atoms with Gasteiger partial charge in [-0.15, -0.1) is 0 Å². The molecule has 2 bridgehead atoms. The number of epoxide rings is 1. The first-order valence-corrected chi connectivity index (χ1v) is 12.7. The lowest BCUT2D eigenvalue weighted by atomic mass is 9.53. The molecule has 7 rings (SSSR count). The standard InChI is InChI=1S/C26H34N2O4/c1-25-6-3-7-26(15-31-26)22(25)9-18-19(24(30)32-21(18)10-25)14-27-11-16-8-17(13-27)20-4-2-5-23(29)28(20)12-16/h2,4-5,16-19,21-22H,3,6-15H2,1H3/t16-,17-,18+,19-,21+,22+,25+,26-/m0/s1. The molecule has 0 unspecified atom stereocenters. The summed E-state index contributed by atoms with van der Waals surface area (Å²) in [7, 11) is 0. The van der Waals surface area contributed by atoms with E-state index in [0.717, 1.165) is 52.0 Å². The van der Waals surface area contributed by atoms with Gasteiger partial charge in [0.2, 0.25) is 0 Å². The van der Waals surface area contributed by atoms with E-state index in [-0.39, 0.29) is 34.6 Å². The number of aromatic nitrogens is 1. The molecule has 0 amide bonds. The van der Waals surface area contributed by atoms with Gasteiger partial charge in [0.25, 0.3) is 5.56 Å². The van der Waals surface area contributed by atoms with Crippen LogP contribution in [0, 0.1) is 29.1 Å². The second-order valence-electron chi connectivity index (χ2n) is 12.0. The van der Waals surface area contributed by atoms with Gasteiger partial charge in [-0.25, -0.2) is 0 Å². The summed E-state index contributed by atoms with van der Waals surface area (Å²) >= 11 is 0. The Balaban J connectivity index is 1.11. The van der Waals surface area contributed by atoms with Crippen molar-refractivity contribution in [3.05, 3.63) is 34.2 Å². The van der Waals surface area contributed by atoms with E-state index in [1.807, 2.05) is 10.6 Å². The summed E-state index contributed by atoms with van der Waals surface area (Å²) in [6.45, 7) is 6.87. The zero-order valence-electron chi connectivity index (χ0n) is 19.0. The molecule has 0 radical (unpaired) electrons. The van der Waals surface area contributed by atoms with E-state index in [2.05, 4.69) is 17.9 Å². The number of nitrogens with zero attached hydrogens (tertiary/aromatic N) is 2. The lowest BCUT2D eigenvalue weighted by Crippen LogP contribution is -2.52. The van der Waals surface area contributed by atoms with E-state index < -0.39 is 0 Å². The van der Waals surface area contributed by atoms with Crippen molar-refractivity contribution in [1.82, 2.24) is 9.47 Å². The Bertz CT molecular complexity index is 1020. The third kappa shape index (κ3) is 2.84. The Kier molecular flexibility index (Phi) is 4.14. The van der Waals surface area contributed by atoms with Gasteiger partial charge >= 0.3 is 5.97 Å². The number of hydrogen-bond donors (Lipinski definition) is 0. The normalized spacial score (nSPS) is 46.8. The number of likely N-dealkylation sites (tertiary alicyclic amines) is 1. The molecule has 0 aromatic carbocycles. The van der Waals surface area contributed by atoms with Crippen molar-refractivity contribution >= 4 is 5.97 Å². The fourth-order valence-corrected chi connectivity index (χ4v) is 8.59. The molecule has 2 saturated carbocycles. The predicted molar refractivity (Wildman–Crippen MR) is 118 cm³/mol. The number of piperidine rings is 1. The predicted octanol–water partition coefficient (Wildman–Crippen LogP) is 2.79. The molecule has 172 valence electrons. The van der Waals surface area contributed by atoms with Crippen molar-refractivity contribution < 1.29 is 14.3 Å². The molecule has 5 fully saturated rings. The second-order valence-corrected chi connectivity index (χ2v) is 12.0. The van der Waals surface area contributed by atoms with Gasteiger partial charge in [-0.05, 0) is 61.8 Å². The van der Waals surface area contributed by atoms with Gasteiger partial charge in [0, 0.05) is 49.8 Å². The average molecular weight is 439 g/mol. The van der Waals surface area contributed by atoms with Crippen molar-refractivity contribution in [2.75, 3.05) is 26.2 Å². The van der Waals surface area contributed by atoms with Gasteiger partial charge in [-0.2, -0.15) is 0 Å². The third-order valence-corrected chi connectivity index (χ3v) is 10.1. The minimum atomic E-state index is -0.0148. The monoisotopic (exact) mass is 438 g/mol. The summed E-state index contributed by atoms with van der Waals surface area (Å²) < 4.78 is 14.1. The molecule has 6 heteroatoms. The Morgan fingerprint density at radius 2 is 2.00 bits per heavy atom. The number of carbonyl (C=O) groups excluding carboxylic acids is 1. The molecule has 1 aromatic heterocycles. The number of hydrogen-bond acceptors (Lipinski definition) is 5. The Morgan fingerprint density at radius 1 is 1.12 bits per heavy atom. The van der Waals surface area contributed by atoms with Crippen LogP contribution in [0.1, 0.15) is 57.1 Å². The van der Waals surface area contributed by atoms with E-state index in [0.29, 0.717) is 23.7 Å². The fourth-order valence-electron chi connectivity index (χ4n) is 8.59. The van der Waals surface area contributed by atoms with Crippen LogP contribution in [0.25, 0.3) is 0 Å². The average Bonchev–Trinajstić information content (AvgIpc) is 3.46. The lowest BCUT2D eigenvalue weighted by Gasteiger charge is -2.52. The highest BCUT2D eigenvalue weighted by Gasteiger charge is 2.65. The Hall–Kier alpha value is -1.66. The topological polar surface area (TPSA) is 64.1 Å². The smallest absolute Gasteiger partial charge is 0.310 e. The lowest BCUT2D eigenvalue weighted by molar-refractivity contribution is -0.147. The third-order valence-electron chi connectivity index (χ3n) is 10.1. The zero-order valence-corrected chi connectivity index (χ0v) is 19.0. The molecule has 0 N–H and O–H groups in total. The number of esters is 1. The molecule has 6 aliphatic rings. The van der Waals surface area contributed by atoms with Crippen molar-refractivity contribution in [3.63, 3.8) is 0 Å². The summed E-state index contributed by atoms with van der Waals surface area (Å²) in [6.07, 6.45) is 7.00. The van der Waals surface area contributed by atoms with Crippen LogP contribution in [0.5, 0.6) is 0 Å². The van der Waals surface area contributed by atoms with E-state index in [1.165, 1.54) is 25.0 Å². The summed E-state index contributed by atoms with van der Waals surface area (Å²) in [5, 5.41) is 0. The van der Waals surface area contributed by atoms with Gasteiger partial charge in [0.1, 0.15) is 6.10 Å². The van der Waals surface area contributed by atoms with Crippen molar-refractivity contribution in [2.45, 2.75) is 69.6 Å². The number of fused-ring (bicyclic) bond motifs is 7. The molecule has 1 spiro atoms. The van der Waals surface area contributed by atoms with Gasteiger partial charge < -0.3 is 18.9 Å². The van der Waals surface area contributed by atoms with Crippen LogP contribution in [-0.2, 0) is 20.8 Å². The fraction of sp³-hybridized carbons (Fsp3) is 0.769. The first kappa shape index (κ1) is 19.8. The first-order valence-electron chi connectivity index (χ1n) is 12.7. The molecule has 4 aliphatic heterocycles. The second kappa shape index (κ2) is 6.69. The summed E-state index contributed by atoms with van der Waals surface area (Å²) in [5.74, 6) is 1.80. The highest BCUT2D eigenvalue weighted by Crippen LogP contribution is 2.62. The number of rotatable bonds is 2. The van der Waals surface area contributed by atoms with Crippen molar-refractivity contribution in [3.8, 4) is 0 Å². The Morgan fingerprint density at radius 3 is 2.84 bits per heavy atom. The first-order chi connectivity index (χ1) is 15.4. The molecule has 5 heterocycles. The van der Waals surface area contributed by atoms with E-state index in [9.17, 15) is 9.59 Å².